The smallest absolute Gasteiger partial charge is 0.376 e. The fraction of sp³-hybridized carbons (Fsp3) is 0. The van der Waals surface area contributed by atoms with Gasteiger partial charge in [0.05, 0.1) is 5.56 Å². The average Bonchev–Trinajstić information content (AvgIpc) is 2.58. The lowest BCUT2D eigenvalue weighted by molar-refractivity contribution is 0.0697. The highest BCUT2D eigenvalue weighted by atomic mass is 31.2. The molecule has 0 amide bonds. The highest BCUT2D eigenvalue weighted by molar-refractivity contribution is 7.60. The van der Waals surface area contributed by atoms with E-state index in [1.807, 2.05) is 0 Å². The Morgan fingerprint density at radius 3 is 2.69 bits per heavy atom. The molecule has 0 saturated carbocycles. The summed E-state index contributed by atoms with van der Waals surface area (Å²) in [6.45, 7) is 0. The minimum absolute atomic E-state index is 0.00959. The number of nitrogens with zero attached hydrogens (tertiary/aromatic N) is 2. The van der Waals surface area contributed by atoms with Crippen molar-refractivity contribution < 1.29 is 24.3 Å². The second-order valence-corrected chi connectivity index (χ2v) is 4.68. The van der Waals surface area contributed by atoms with Crippen LogP contribution < -0.4 is 5.44 Å². The molecule has 84 valence electrons. The van der Waals surface area contributed by atoms with Gasteiger partial charge in [0.25, 0.3) is 0 Å². The maximum Gasteiger partial charge on any atom is 0.376 e. The van der Waals surface area contributed by atoms with Crippen molar-refractivity contribution in [2.45, 2.75) is 0 Å². The molecule has 8 heteroatoms. The quantitative estimate of drug-likeness (QED) is 0.630. The maximum atomic E-state index is 10.9. The van der Waals surface area contributed by atoms with Crippen molar-refractivity contribution in [2.24, 2.45) is 0 Å². The molecular weight excluding hydrogens is 235 g/mol. The lowest BCUT2D eigenvalue weighted by Gasteiger charge is -1.94. The summed E-state index contributed by atoms with van der Waals surface area (Å²) in [6.07, 6.45) is 2.55. The molecule has 0 spiro atoms. The molecule has 0 radical (unpaired) electrons. The predicted molar refractivity (Wildman–Crippen MR) is 53.8 cm³/mol. The van der Waals surface area contributed by atoms with Crippen molar-refractivity contribution in [2.75, 3.05) is 0 Å². The summed E-state index contributed by atoms with van der Waals surface area (Å²) in [7, 11) is -4.41. The zero-order valence-electron chi connectivity index (χ0n) is 7.81. The van der Waals surface area contributed by atoms with Crippen LogP contribution in [0.3, 0.4) is 0 Å². The van der Waals surface area contributed by atoms with E-state index in [1.165, 1.54) is 28.9 Å². The molecule has 2 heterocycles. The summed E-state index contributed by atoms with van der Waals surface area (Å²) in [6, 6.07) is 2.56. The van der Waals surface area contributed by atoms with Gasteiger partial charge in [-0.3, -0.25) is 4.57 Å². The molecular formula is C8H7N2O5P. The molecule has 0 aliphatic heterocycles. The van der Waals surface area contributed by atoms with Crippen LogP contribution in [-0.4, -0.2) is 30.2 Å². The van der Waals surface area contributed by atoms with Crippen LogP contribution in [0.5, 0.6) is 0 Å². The Morgan fingerprint density at radius 2 is 2.12 bits per heavy atom. The molecule has 0 aliphatic rings. The summed E-state index contributed by atoms with van der Waals surface area (Å²) in [4.78, 5) is 32.1. The van der Waals surface area contributed by atoms with Gasteiger partial charge < -0.3 is 19.3 Å². The number of fused-ring (bicyclic) bond motifs is 1. The van der Waals surface area contributed by atoms with Gasteiger partial charge in [-0.25, -0.2) is 9.78 Å². The molecule has 0 fully saturated rings. The van der Waals surface area contributed by atoms with Gasteiger partial charge in [0, 0.05) is 12.4 Å². The number of imidazole rings is 1. The van der Waals surface area contributed by atoms with E-state index in [0.29, 0.717) is 0 Å². The number of hydrogen-bond donors (Lipinski definition) is 3. The molecule has 0 atom stereocenters. The molecule has 2 aromatic heterocycles. The van der Waals surface area contributed by atoms with Gasteiger partial charge in [-0.2, -0.15) is 0 Å². The highest BCUT2D eigenvalue weighted by Crippen LogP contribution is 2.32. The molecule has 3 N–H and O–H groups in total. The van der Waals surface area contributed by atoms with Crippen LogP contribution >= 0.6 is 7.60 Å². The van der Waals surface area contributed by atoms with Crippen LogP contribution in [0.25, 0.3) is 5.65 Å². The Morgan fingerprint density at radius 1 is 1.44 bits per heavy atom. The SMILES string of the molecule is O=C(O)c1ccn2cc(P(=O)(O)O)nc2c1. The molecule has 0 bridgehead atoms. The van der Waals surface area contributed by atoms with E-state index in [4.69, 9.17) is 14.9 Å². The van der Waals surface area contributed by atoms with Gasteiger partial charge in [0.2, 0.25) is 0 Å². The van der Waals surface area contributed by atoms with Gasteiger partial charge >= 0.3 is 13.6 Å². The van der Waals surface area contributed by atoms with Gasteiger partial charge in [-0.15, -0.1) is 0 Å². The first-order chi connectivity index (χ1) is 7.38. The number of carboxylic acids is 1. The van der Waals surface area contributed by atoms with Gasteiger partial charge in [-0.05, 0) is 12.1 Å². The second kappa shape index (κ2) is 3.41. The summed E-state index contributed by atoms with van der Waals surface area (Å²) in [5, 5.41) is 8.72. The summed E-state index contributed by atoms with van der Waals surface area (Å²) in [5.41, 5.74) is -0.191. The molecule has 0 saturated heterocycles. The standard InChI is InChI=1S/C8H7N2O5P/c11-8(12)5-1-2-10-4-7(16(13,14)15)9-6(10)3-5/h1-4H,(H,11,12)(H2,13,14,15). The normalized spacial score (nSPS) is 11.9. The number of carbonyl (C=O) groups is 1. The molecule has 0 aliphatic carbocycles. The van der Waals surface area contributed by atoms with E-state index in [-0.39, 0.29) is 16.6 Å². The van der Waals surface area contributed by atoms with Crippen molar-refractivity contribution in [3.63, 3.8) is 0 Å². The Hall–Kier alpha value is -1.69. The Balaban J connectivity index is 2.63. The van der Waals surface area contributed by atoms with Crippen molar-refractivity contribution in [1.82, 2.24) is 9.38 Å². The molecule has 0 aromatic carbocycles. The van der Waals surface area contributed by atoms with Gasteiger partial charge in [-0.1, -0.05) is 0 Å². The first-order valence-corrected chi connectivity index (χ1v) is 5.77. The number of aromatic nitrogens is 2. The molecule has 2 aromatic rings. The van der Waals surface area contributed by atoms with E-state index in [9.17, 15) is 9.36 Å². The largest absolute Gasteiger partial charge is 0.478 e. The molecule has 7 nitrogen and oxygen atoms in total. The van der Waals surface area contributed by atoms with Gasteiger partial charge in [0.15, 0.2) is 5.44 Å². The molecule has 0 unspecified atom stereocenters. The Bertz CT molecular complexity index is 614. The summed E-state index contributed by atoms with van der Waals surface area (Å²) in [5.74, 6) is -1.12. The second-order valence-electron chi connectivity index (χ2n) is 3.13. The van der Waals surface area contributed by atoms with E-state index < -0.39 is 13.6 Å². The number of carboxylic acid groups (broad SMARTS) is 1. The van der Waals surface area contributed by atoms with Crippen LogP contribution in [0.15, 0.2) is 24.5 Å². The fourth-order valence-electron chi connectivity index (χ4n) is 1.24. The van der Waals surface area contributed by atoms with E-state index >= 15 is 0 Å². The van der Waals surface area contributed by atoms with E-state index in [1.54, 1.807) is 0 Å². The average molecular weight is 242 g/mol. The van der Waals surface area contributed by atoms with Crippen LogP contribution in [0.4, 0.5) is 0 Å². The minimum Gasteiger partial charge on any atom is -0.478 e. The summed E-state index contributed by atoms with van der Waals surface area (Å²) >= 11 is 0. The lowest BCUT2D eigenvalue weighted by atomic mass is 10.3. The topological polar surface area (TPSA) is 112 Å². The maximum absolute atomic E-state index is 10.9. The Labute approximate surface area is 89.1 Å². The first-order valence-electron chi connectivity index (χ1n) is 4.16. The lowest BCUT2D eigenvalue weighted by Crippen LogP contribution is -2.03. The van der Waals surface area contributed by atoms with Gasteiger partial charge in [0.1, 0.15) is 5.65 Å². The van der Waals surface area contributed by atoms with Crippen molar-refractivity contribution in [3.05, 3.63) is 30.1 Å². The third kappa shape index (κ3) is 1.83. The minimum atomic E-state index is -4.41. The number of rotatable bonds is 2. The monoisotopic (exact) mass is 242 g/mol. The van der Waals surface area contributed by atoms with Crippen LogP contribution in [0.1, 0.15) is 10.4 Å². The fourth-order valence-corrected chi connectivity index (χ4v) is 1.75. The predicted octanol–water partition coefficient (Wildman–Crippen LogP) is -0.165. The van der Waals surface area contributed by atoms with Crippen LogP contribution in [-0.2, 0) is 4.57 Å². The van der Waals surface area contributed by atoms with E-state index in [2.05, 4.69) is 4.98 Å². The third-order valence-corrected chi connectivity index (χ3v) is 2.81. The number of aromatic carboxylic acids is 1. The molecule has 2 rings (SSSR count). The van der Waals surface area contributed by atoms with Crippen molar-refractivity contribution in [1.29, 1.82) is 0 Å². The molecule has 16 heavy (non-hydrogen) atoms. The zero-order valence-corrected chi connectivity index (χ0v) is 8.70. The van der Waals surface area contributed by atoms with Crippen molar-refractivity contribution >= 4 is 24.6 Å². The zero-order chi connectivity index (χ0) is 11.9. The third-order valence-electron chi connectivity index (χ3n) is 1.99. The van der Waals surface area contributed by atoms with Crippen molar-refractivity contribution in [3.8, 4) is 0 Å². The summed E-state index contributed by atoms with van der Waals surface area (Å²) < 4.78 is 12.3. The number of hydrogen-bond acceptors (Lipinski definition) is 3. The number of pyridine rings is 1. The first kappa shape index (κ1) is 10.8. The highest BCUT2D eigenvalue weighted by Gasteiger charge is 2.21. The van der Waals surface area contributed by atoms with Crippen LogP contribution in [0.2, 0.25) is 0 Å². The van der Waals surface area contributed by atoms with Crippen LogP contribution in [0, 0.1) is 0 Å². The Kier molecular flexibility index (Phi) is 2.31. The van der Waals surface area contributed by atoms with E-state index in [0.717, 1.165) is 0 Å².